The monoisotopic (exact) mass is 985 g/mol. The molecule has 0 aliphatic carbocycles. The van der Waals surface area contributed by atoms with E-state index in [0.29, 0.717) is 5.56 Å². The number of nitrogens with zero attached hydrogens (tertiary/aromatic N) is 4. The molecule has 0 unspecified atom stereocenters. The van der Waals surface area contributed by atoms with E-state index >= 15 is 0 Å². The smallest absolute Gasteiger partial charge is 0.467 e. The SMILES string of the molecule is COC(=O)[C@H]1O[C@@H](Oc2ccc(C(=O)N(C)CCOCCOCCOCCN=[N+]=[N-])cc2OS(=O)(=O)Oc2ccc(CONC(=O)OC(C)(C)C)cc2)[C@H](OC(C)=O)[C@@H](OC(C)=O)[C@@H]1OC(C)=O. The molecular formula is C41H55N5O21S. The van der Waals surface area contributed by atoms with Gasteiger partial charge in [0.15, 0.2) is 29.8 Å². The Morgan fingerprint density at radius 2 is 1.38 bits per heavy atom. The molecule has 0 aromatic heterocycles. The summed E-state index contributed by atoms with van der Waals surface area (Å²) in [6.45, 7) is 9.36. The number of rotatable bonds is 26. The van der Waals surface area contributed by atoms with E-state index in [4.69, 9.17) is 66.1 Å². The highest BCUT2D eigenvalue weighted by atomic mass is 32.3. The van der Waals surface area contributed by atoms with E-state index in [9.17, 15) is 37.2 Å². The van der Waals surface area contributed by atoms with Crippen LogP contribution in [0.2, 0.25) is 0 Å². The van der Waals surface area contributed by atoms with E-state index in [1.807, 2.05) is 0 Å². The lowest BCUT2D eigenvalue weighted by Crippen LogP contribution is -2.64. The first-order valence-corrected chi connectivity index (χ1v) is 21.8. The molecule has 1 N–H and O–H groups in total. The van der Waals surface area contributed by atoms with Crippen LogP contribution in [-0.4, -0.2) is 152 Å². The normalized spacial score (nSPS) is 17.9. The van der Waals surface area contributed by atoms with Gasteiger partial charge in [-0.15, -0.1) is 8.42 Å². The molecule has 0 spiro atoms. The van der Waals surface area contributed by atoms with Gasteiger partial charge >= 0.3 is 40.4 Å². The Morgan fingerprint density at radius 1 is 0.794 bits per heavy atom. The summed E-state index contributed by atoms with van der Waals surface area (Å²) in [5.41, 5.74) is 9.97. The topological polar surface area (TPSA) is 321 Å². The van der Waals surface area contributed by atoms with E-state index in [1.54, 1.807) is 20.8 Å². The van der Waals surface area contributed by atoms with Gasteiger partial charge in [0.05, 0.1) is 53.4 Å². The van der Waals surface area contributed by atoms with Crippen LogP contribution in [0.4, 0.5) is 4.79 Å². The van der Waals surface area contributed by atoms with Gasteiger partial charge in [-0.25, -0.2) is 9.59 Å². The maximum atomic E-state index is 13.7. The fourth-order valence-electron chi connectivity index (χ4n) is 5.68. The predicted octanol–water partition coefficient (Wildman–Crippen LogP) is 2.85. The number of benzene rings is 2. The number of amides is 2. The van der Waals surface area contributed by atoms with Gasteiger partial charge in [-0.05, 0) is 62.2 Å². The zero-order valence-corrected chi connectivity index (χ0v) is 39.4. The summed E-state index contributed by atoms with van der Waals surface area (Å²) in [5.74, 6) is -6.13. The van der Waals surface area contributed by atoms with Crippen LogP contribution in [0.25, 0.3) is 10.4 Å². The van der Waals surface area contributed by atoms with Crippen LogP contribution in [0.5, 0.6) is 17.2 Å². The van der Waals surface area contributed by atoms with Crippen molar-refractivity contribution in [3.05, 3.63) is 64.0 Å². The fraction of sp³-hybridized carbons (Fsp3) is 0.561. The minimum atomic E-state index is -5.11. The largest absolute Gasteiger partial charge is 0.501 e. The minimum absolute atomic E-state index is 0.0608. The molecule has 2 aromatic rings. The molecule has 26 nitrogen and oxygen atoms in total. The third-order valence-electron chi connectivity index (χ3n) is 8.44. The van der Waals surface area contributed by atoms with Crippen molar-refractivity contribution < 1.29 is 97.8 Å². The lowest BCUT2D eigenvalue weighted by atomic mass is 9.97. The number of hydrogen-bond donors (Lipinski definition) is 1. The van der Waals surface area contributed by atoms with Crippen molar-refractivity contribution in [3.63, 3.8) is 0 Å². The van der Waals surface area contributed by atoms with Gasteiger partial charge in [0.1, 0.15) is 11.4 Å². The Bertz CT molecular complexity index is 2180. The number of ether oxygens (including phenoxy) is 10. The summed E-state index contributed by atoms with van der Waals surface area (Å²) in [7, 11) is -2.68. The predicted molar refractivity (Wildman–Crippen MR) is 229 cm³/mol. The van der Waals surface area contributed by atoms with Crippen LogP contribution in [0.3, 0.4) is 0 Å². The van der Waals surface area contributed by atoms with Crippen molar-refractivity contribution in [1.29, 1.82) is 0 Å². The summed E-state index contributed by atoms with van der Waals surface area (Å²) < 4.78 is 91.6. The Labute approximate surface area is 391 Å². The van der Waals surface area contributed by atoms with Crippen molar-refractivity contribution in [3.8, 4) is 17.2 Å². The number of azide groups is 1. The quantitative estimate of drug-likeness (QED) is 0.0269. The summed E-state index contributed by atoms with van der Waals surface area (Å²) in [4.78, 5) is 84.5. The number of esters is 4. The van der Waals surface area contributed by atoms with Gasteiger partial charge in [0.25, 0.3) is 5.91 Å². The number of hydroxylamine groups is 1. The molecule has 2 amide bonds. The highest BCUT2D eigenvalue weighted by molar-refractivity contribution is 7.82. The highest BCUT2D eigenvalue weighted by Gasteiger charge is 2.56. The maximum absolute atomic E-state index is 13.7. The van der Waals surface area contributed by atoms with Crippen LogP contribution in [0, 0.1) is 0 Å². The number of carbonyl (C=O) groups excluding carboxylic acids is 6. The maximum Gasteiger partial charge on any atom is 0.501 e. The first-order valence-electron chi connectivity index (χ1n) is 20.5. The average Bonchev–Trinajstić information content (AvgIpc) is 3.25. The number of nitrogens with one attached hydrogen (secondary N) is 1. The molecule has 0 saturated carbocycles. The summed E-state index contributed by atoms with van der Waals surface area (Å²) in [6.07, 6.45) is -9.96. The van der Waals surface area contributed by atoms with E-state index in [-0.39, 0.29) is 70.7 Å². The van der Waals surface area contributed by atoms with Crippen molar-refractivity contribution in [2.45, 2.75) is 84.5 Å². The summed E-state index contributed by atoms with van der Waals surface area (Å²) in [6, 6.07) is 8.66. The van der Waals surface area contributed by atoms with Crippen LogP contribution in [-0.2, 0) is 83.7 Å². The second kappa shape index (κ2) is 27.4. The number of hydrogen-bond acceptors (Lipinski definition) is 22. The molecule has 27 heteroatoms. The zero-order chi connectivity index (χ0) is 50.4. The Morgan fingerprint density at radius 3 is 1.97 bits per heavy atom. The molecule has 1 fully saturated rings. The van der Waals surface area contributed by atoms with Crippen molar-refractivity contribution in [1.82, 2.24) is 10.4 Å². The molecule has 1 saturated heterocycles. The average molecular weight is 986 g/mol. The molecule has 1 aliphatic rings. The lowest BCUT2D eigenvalue weighted by Gasteiger charge is -2.43. The van der Waals surface area contributed by atoms with Crippen molar-refractivity contribution in [2.75, 3.05) is 66.9 Å². The molecule has 2 aromatic carbocycles. The van der Waals surface area contributed by atoms with E-state index in [1.165, 1.54) is 42.3 Å². The second-order valence-electron chi connectivity index (χ2n) is 15.1. The molecule has 1 aliphatic heterocycles. The van der Waals surface area contributed by atoms with E-state index in [2.05, 4.69) is 15.5 Å². The van der Waals surface area contributed by atoms with Crippen LogP contribution < -0.4 is 18.6 Å². The van der Waals surface area contributed by atoms with Crippen LogP contribution >= 0.6 is 0 Å². The summed E-state index contributed by atoms with van der Waals surface area (Å²) >= 11 is 0. The van der Waals surface area contributed by atoms with Crippen LogP contribution in [0.1, 0.15) is 57.5 Å². The van der Waals surface area contributed by atoms with Gasteiger partial charge < -0.3 is 60.6 Å². The number of methoxy groups -OCH3 is 1. The van der Waals surface area contributed by atoms with Gasteiger partial charge in [0, 0.05) is 51.4 Å². The van der Waals surface area contributed by atoms with Gasteiger partial charge in [-0.1, -0.05) is 17.2 Å². The molecule has 376 valence electrons. The third kappa shape index (κ3) is 19.8. The van der Waals surface area contributed by atoms with Crippen LogP contribution in [0.15, 0.2) is 47.6 Å². The minimum Gasteiger partial charge on any atom is -0.467 e. The molecular weight excluding hydrogens is 931 g/mol. The van der Waals surface area contributed by atoms with Gasteiger partial charge in [-0.3, -0.25) is 24.0 Å². The Kier molecular flexibility index (Phi) is 22.5. The Hall–Kier alpha value is -6.48. The molecule has 3 rings (SSSR count). The van der Waals surface area contributed by atoms with E-state index in [0.717, 1.165) is 40.0 Å². The lowest BCUT2D eigenvalue weighted by molar-refractivity contribution is -0.282. The second-order valence-corrected chi connectivity index (χ2v) is 16.2. The molecule has 68 heavy (non-hydrogen) atoms. The van der Waals surface area contributed by atoms with Gasteiger partial charge in [-0.2, -0.15) is 5.48 Å². The zero-order valence-electron chi connectivity index (χ0n) is 38.6. The number of carbonyl (C=O) groups is 6. The molecule has 1 heterocycles. The molecule has 5 atom stereocenters. The number of likely N-dealkylation sites (N-methyl/N-ethyl adjacent to an activating group) is 1. The molecule has 0 bridgehead atoms. The van der Waals surface area contributed by atoms with Crippen molar-refractivity contribution >= 4 is 46.3 Å². The fourth-order valence-corrected chi connectivity index (χ4v) is 6.41. The standard InChI is InChI=1S/C41H55N5O21S/c1-25(47)60-33-34(61-26(2)48)36(62-27(3)49)39(64-35(33)38(51)55-8)63-31-14-11-29(37(50)46(7)16-18-57-20-22-58-21-19-56-17-15-43-45-42)23-32(31)67-68(53,54)66-30-12-9-28(10-13-30)24-59-44-40(52)65-41(4,5)6/h9-14,23,33-36,39H,15-22,24H2,1-8H3,(H,44,52)/t33-,34-,35-,36+,39+/m0/s1. The van der Waals surface area contributed by atoms with Crippen molar-refractivity contribution in [2.24, 2.45) is 5.11 Å². The molecule has 0 radical (unpaired) electrons. The first kappa shape index (κ1) is 55.8. The first-order chi connectivity index (χ1) is 32.1. The van der Waals surface area contributed by atoms with E-state index < -0.39 is 94.1 Å². The third-order valence-corrected chi connectivity index (χ3v) is 9.22. The summed E-state index contributed by atoms with van der Waals surface area (Å²) in [5, 5.41) is 3.36. The Balaban J connectivity index is 1.89. The highest BCUT2D eigenvalue weighted by Crippen LogP contribution is 2.36. The van der Waals surface area contributed by atoms with Gasteiger partial charge in [0.2, 0.25) is 12.4 Å².